The van der Waals surface area contributed by atoms with Crippen molar-refractivity contribution in [1.29, 1.82) is 0 Å². The number of aliphatic hydroxyl groups excluding tert-OH is 1. The second-order valence-corrected chi connectivity index (χ2v) is 7.54. The number of Topliss-reactive ketones (excluding diaryl/α,β-unsaturated/α-hetero) is 1. The van der Waals surface area contributed by atoms with Crippen molar-refractivity contribution in [3.8, 4) is 11.5 Å². The van der Waals surface area contributed by atoms with Crippen LogP contribution in [0.3, 0.4) is 0 Å². The molecule has 1 aliphatic rings. The van der Waals surface area contributed by atoms with Gasteiger partial charge in [0.05, 0.1) is 31.6 Å². The lowest BCUT2D eigenvalue weighted by atomic mass is 9.98. The van der Waals surface area contributed by atoms with Crippen LogP contribution in [0.25, 0.3) is 5.76 Å². The number of anilines is 1. The molecule has 0 aliphatic carbocycles. The Balaban J connectivity index is 1.97. The molecular formula is C24H20ClNO6. The molecule has 0 spiro atoms. The van der Waals surface area contributed by atoms with Crippen molar-refractivity contribution < 1.29 is 28.6 Å². The number of methoxy groups -OCH3 is 2. The molecule has 32 heavy (non-hydrogen) atoms. The smallest absolute Gasteiger partial charge is 0.300 e. The van der Waals surface area contributed by atoms with Crippen LogP contribution in [-0.4, -0.2) is 31.0 Å². The SMILES string of the molecule is COc1ccc(/C(O)=C2/C(=O)C(=O)N(c3cccc(Cl)c3C)C2c2ccco2)c(OC)c1. The van der Waals surface area contributed by atoms with Crippen LogP contribution in [0.1, 0.15) is 22.9 Å². The molecule has 0 saturated carbocycles. The van der Waals surface area contributed by atoms with E-state index in [2.05, 4.69) is 0 Å². The van der Waals surface area contributed by atoms with Crippen LogP contribution in [0.2, 0.25) is 5.02 Å². The predicted molar refractivity (Wildman–Crippen MR) is 119 cm³/mol. The summed E-state index contributed by atoms with van der Waals surface area (Å²) in [5.41, 5.74) is 1.19. The normalized spacial score (nSPS) is 17.6. The summed E-state index contributed by atoms with van der Waals surface area (Å²) < 4.78 is 16.1. The number of amides is 1. The summed E-state index contributed by atoms with van der Waals surface area (Å²) in [6, 6.07) is 12.1. The summed E-state index contributed by atoms with van der Waals surface area (Å²) in [5.74, 6) is -0.919. The van der Waals surface area contributed by atoms with Crippen molar-refractivity contribution in [3.05, 3.63) is 82.3 Å². The van der Waals surface area contributed by atoms with E-state index >= 15 is 0 Å². The molecule has 2 heterocycles. The van der Waals surface area contributed by atoms with Gasteiger partial charge in [0.2, 0.25) is 0 Å². The van der Waals surface area contributed by atoms with Gasteiger partial charge in [0.1, 0.15) is 29.1 Å². The Morgan fingerprint density at radius 2 is 1.88 bits per heavy atom. The summed E-state index contributed by atoms with van der Waals surface area (Å²) in [7, 11) is 2.94. The third kappa shape index (κ3) is 3.40. The minimum absolute atomic E-state index is 0.118. The van der Waals surface area contributed by atoms with E-state index in [0.29, 0.717) is 27.8 Å². The number of rotatable bonds is 5. The van der Waals surface area contributed by atoms with Gasteiger partial charge in [-0.25, -0.2) is 0 Å². The number of nitrogens with zero attached hydrogens (tertiary/aromatic N) is 1. The number of carbonyl (C=O) groups excluding carboxylic acids is 2. The molecule has 1 N–H and O–H groups in total. The van der Waals surface area contributed by atoms with Crippen molar-refractivity contribution in [1.82, 2.24) is 0 Å². The Labute approximate surface area is 189 Å². The molecule has 1 saturated heterocycles. The average molecular weight is 454 g/mol. The third-order valence-electron chi connectivity index (χ3n) is 5.42. The maximum atomic E-state index is 13.2. The quantitative estimate of drug-likeness (QED) is 0.336. The lowest BCUT2D eigenvalue weighted by Crippen LogP contribution is -2.30. The molecule has 7 nitrogen and oxygen atoms in total. The van der Waals surface area contributed by atoms with Crippen molar-refractivity contribution >= 4 is 34.7 Å². The third-order valence-corrected chi connectivity index (χ3v) is 5.83. The summed E-state index contributed by atoms with van der Waals surface area (Å²) in [4.78, 5) is 27.6. The van der Waals surface area contributed by atoms with E-state index in [4.69, 9.17) is 25.5 Å². The standard InChI is InChI=1S/C24H20ClNO6/c1-13-16(25)6-4-7-17(13)26-21(18-8-5-11-32-18)20(23(28)24(26)29)22(27)15-10-9-14(30-2)12-19(15)31-3/h4-12,21,27H,1-3H3/b22-20-. The summed E-state index contributed by atoms with van der Waals surface area (Å²) in [6.45, 7) is 1.75. The monoisotopic (exact) mass is 453 g/mol. The Kier molecular flexibility index (Phi) is 5.67. The first-order chi connectivity index (χ1) is 15.4. The van der Waals surface area contributed by atoms with Crippen LogP contribution in [0, 0.1) is 6.92 Å². The van der Waals surface area contributed by atoms with Crippen LogP contribution >= 0.6 is 11.6 Å². The van der Waals surface area contributed by atoms with Gasteiger partial charge in [-0.1, -0.05) is 17.7 Å². The fraction of sp³-hybridized carbons (Fsp3) is 0.167. The molecule has 1 aliphatic heterocycles. The number of carbonyl (C=O) groups is 2. The van der Waals surface area contributed by atoms with Crippen LogP contribution in [0.5, 0.6) is 11.5 Å². The van der Waals surface area contributed by atoms with Gasteiger partial charge in [-0.15, -0.1) is 0 Å². The van der Waals surface area contributed by atoms with Gasteiger partial charge in [-0.3, -0.25) is 14.5 Å². The highest BCUT2D eigenvalue weighted by molar-refractivity contribution is 6.52. The summed E-state index contributed by atoms with van der Waals surface area (Å²) in [5, 5.41) is 11.7. The Bertz CT molecular complexity index is 1230. The van der Waals surface area contributed by atoms with Gasteiger partial charge in [-0.2, -0.15) is 0 Å². The number of ether oxygens (including phenoxy) is 2. The van der Waals surface area contributed by atoms with E-state index in [1.165, 1.54) is 25.4 Å². The molecule has 1 atom stereocenters. The molecule has 0 bridgehead atoms. The summed E-state index contributed by atoms with van der Waals surface area (Å²) in [6.07, 6.45) is 1.44. The Hall–Kier alpha value is -3.71. The number of halogens is 1. The van der Waals surface area contributed by atoms with Crippen LogP contribution in [0.4, 0.5) is 5.69 Å². The van der Waals surface area contributed by atoms with E-state index < -0.39 is 17.7 Å². The van der Waals surface area contributed by atoms with Gasteiger partial charge in [0.25, 0.3) is 11.7 Å². The lowest BCUT2D eigenvalue weighted by Gasteiger charge is -2.25. The molecule has 1 aromatic heterocycles. The number of hydrogen-bond acceptors (Lipinski definition) is 6. The van der Waals surface area contributed by atoms with Gasteiger partial charge in [0.15, 0.2) is 0 Å². The van der Waals surface area contributed by atoms with E-state index in [0.717, 1.165) is 0 Å². The molecule has 1 amide bonds. The highest BCUT2D eigenvalue weighted by Gasteiger charge is 2.49. The van der Waals surface area contributed by atoms with Crippen molar-refractivity contribution in [2.24, 2.45) is 0 Å². The zero-order chi connectivity index (χ0) is 23.0. The lowest BCUT2D eigenvalue weighted by molar-refractivity contribution is -0.132. The number of hydrogen-bond donors (Lipinski definition) is 1. The minimum atomic E-state index is -0.992. The molecule has 2 aromatic carbocycles. The number of ketones is 1. The molecule has 1 fully saturated rings. The van der Waals surface area contributed by atoms with Gasteiger partial charge in [0, 0.05) is 16.8 Å². The molecule has 164 valence electrons. The molecule has 3 aromatic rings. The Morgan fingerprint density at radius 1 is 1.09 bits per heavy atom. The van der Waals surface area contributed by atoms with E-state index in [-0.39, 0.29) is 22.6 Å². The fourth-order valence-corrected chi connectivity index (χ4v) is 3.96. The molecule has 4 rings (SSSR count). The topological polar surface area (TPSA) is 89.2 Å². The van der Waals surface area contributed by atoms with E-state index in [9.17, 15) is 14.7 Å². The average Bonchev–Trinajstić information content (AvgIpc) is 3.42. The maximum absolute atomic E-state index is 13.2. The molecule has 8 heteroatoms. The van der Waals surface area contributed by atoms with Crippen LogP contribution in [-0.2, 0) is 9.59 Å². The first kappa shape index (κ1) is 21.5. The van der Waals surface area contributed by atoms with Crippen molar-refractivity contribution in [3.63, 3.8) is 0 Å². The van der Waals surface area contributed by atoms with Gasteiger partial charge >= 0.3 is 0 Å². The highest BCUT2D eigenvalue weighted by Crippen LogP contribution is 2.45. The minimum Gasteiger partial charge on any atom is -0.507 e. The molecule has 1 unspecified atom stereocenters. The summed E-state index contributed by atoms with van der Waals surface area (Å²) >= 11 is 6.28. The zero-order valence-electron chi connectivity index (χ0n) is 17.6. The highest BCUT2D eigenvalue weighted by atomic mass is 35.5. The first-order valence-corrected chi connectivity index (χ1v) is 10.1. The number of benzene rings is 2. The Morgan fingerprint density at radius 3 is 2.53 bits per heavy atom. The van der Waals surface area contributed by atoms with Gasteiger partial charge in [-0.05, 0) is 48.9 Å². The second-order valence-electron chi connectivity index (χ2n) is 7.13. The van der Waals surface area contributed by atoms with Crippen LogP contribution in [0.15, 0.2) is 64.8 Å². The first-order valence-electron chi connectivity index (χ1n) is 9.71. The number of aliphatic hydroxyl groups is 1. The fourth-order valence-electron chi connectivity index (χ4n) is 3.79. The molecular weight excluding hydrogens is 434 g/mol. The maximum Gasteiger partial charge on any atom is 0.300 e. The van der Waals surface area contributed by atoms with E-state index in [1.807, 2.05) is 0 Å². The number of furan rings is 1. The zero-order valence-corrected chi connectivity index (χ0v) is 18.3. The largest absolute Gasteiger partial charge is 0.507 e. The second kappa shape index (κ2) is 8.43. The molecule has 0 radical (unpaired) electrons. The van der Waals surface area contributed by atoms with Crippen LogP contribution < -0.4 is 14.4 Å². The van der Waals surface area contributed by atoms with Gasteiger partial charge < -0.3 is 19.0 Å². The van der Waals surface area contributed by atoms with E-state index in [1.54, 1.807) is 55.5 Å². The van der Waals surface area contributed by atoms with Crippen molar-refractivity contribution in [2.75, 3.05) is 19.1 Å². The predicted octanol–water partition coefficient (Wildman–Crippen LogP) is 4.88. The van der Waals surface area contributed by atoms with Crippen molar-refractivity contribution in [2.45, 2.75) is 13.0 Å².